The Morgan fingerprint density at radius 3 is 2.50 bits per heavy atom. The third kappa shape index (κ3) is 2.38. The molecule has 2 aliphatic rings. The Morgan fingerprint density at radius 2 is 1.93 bits per heavy atom. The minimum Gasteiger partial charge on any atom is -0.393 e. The molecule has 2 fully saturated rings. The normalized spacial score (nSPS) is 34.2. The monoisotopic (exact) mass is 197 g/mol. The van der Waals surface area contributed by atoms with Crippen LogP contribution in [0, 0.1) is 0 Å². The van der Waals surface area contributed by atoms with Crippen LogP contribution in [0.2, 0.25) is 0 Å². The molecule has 2 aliphatic carbocycles. The SMILES string of the molecule is NC(=NC1CCCC1)NC1CC(O)C1. The fourth-order valence-corrected chi connectivity index (χ4v) is 2.18. The molecule has 4 N–H and O–H groups in total. The zero-order valence-corrected chi connectivity index (χ0v) is 8.45. The summed E-state index contributed by atoms with van der Waals surface area (Å²) < 4.78 is 0. The van der Waals surface area contributed by atoms with Crippen LogP contribution in [0.15, 0.2) is 4.99 Å². The number of aliphatic hydroxyl groups excluding tert-OH is 1. The van der Waals surface area contributed by atoms with Crippen LogP contribution in [0.25, 0.3) is 0 Å². The van der Waals surface area contributed by atoms with E-state index in [2.05, 4.69) is 10.3 Å². The summed E-state index contributed by atoms with van der Waals surface area (Å²) in [5.74, 6) is 0.564. The maximum Gasteiger partial charge on any atom is 0.189 e. The third-order valence-electron chi connectivity index (χ3n) is 3.11. The van der Waals surface area contributed by atoms with Gasteiger partial charge in [0.25, 0.3) is 0 Å². The van der Waals surface area contributed by atoms with E-state index in [1.165, 1.54) is 25.7 Å². The lowest BCUT2D eigenvalue weighted by Crippen LogP contribution is -2.49. The lowest BCUT2D eigenvalue weighted by molar-refractivity contribution is 0.0697. The smallest absolute Gasteiger partial charge is 0.189 e. The molecule has 0 unspecified atom stereocenters. The van der Waals surface area contributed by atoms with Crippen LogP contribution >= 0.6 is 0 Å². The number of nitrogens with two attached hydrogens (primary N) is 1. The summed E-state index contributed by atoms with van der Waals surface area (Å²) in [5.41, 5.74) is 5.77. The van der Waals surface area contributed by atoms with E-state index < -0.39 is 0 Å². The van der Waals surface area contributed by atoms with Gasteiger partial charge >= 0.3 is 0 Å². The van der Waals surface area contributed by atoms with Gasteiger partial charge in [0.1, 0.15) is 0 Å². The lowest BCUT2D eigenvalue weighted by atomic mass is 9.90. The van der Waals surface area contributed by atoms with E-state index in [9.17, 15) is 0 Å². The molecule has 4 heteroatoms. The van der Waals surface area contributed by atoms with Gasteiger partial charge in [-0.15, -0.1) is 0 Å². The molecule has 2 saturated carbocycles. The van der Waals surface area contributed by atoms with Gasteiger partial charge in [0.15, 0.2) is 5.96 Å². The van der Waals surface area contributed by atoms with Crippen molar-refractivity contribution in [3.63, 3.8) is 0 Å². The maximum absolute atomic E-state index is 9.09. The largest absolute Gasteiger partial charge is 0.393 e. The van der Waals surface area contributed by atoms with Crippen molar-refractivity contribution in [3.05, 3.63) is 0 Å². The zero-order valence-electron chi connectivity index (χ0n) is 8.45. The average Bonchev–Trinajstić information content (AvgIpc) is 2.54. The average molecular weight is 197 g/mol. The summed E-state index contributed by atoms with van der Waals surface area (Å²) in [6.45, 7) is 0. The Hall–Kier alpha value is -0.770. The molecule has 0 bridgehead atoms. The van der Waals surface area contributed by atoms with Gasteiger partial charge in [-0.1, -0.05) is 12.8 Å². The van der Waals surface area contributed by atoms with E-state index in [0.29, 0.717) is 18.0 Å². The fourth-order valence-electron chi connectivity index (χ4n) is 2.18. The molecular formula is C10H19N3O. The third-order valence-corrected chi connectivity index (χ3v) is 3.11. The van der Waals surface area contributed by atoms with E-state index in [4.69, 9.17) is 10.8 Å². The first-order valence-corrected chi connectivity index (χ1v) is 5.52. The molecule has 0 radical (unpaired) electrons. The number of nitrogens with one attached hydrogen (secondary N) is 1. The molecule has 0 saturated heterocycles. The molecule has 0 heterocycles. The van der Waals surface area contributed by atoms with Crippen LogP contribution in [0.1, 0.15) is 38.5 Å². The van der Waals surface area contributed by atoms with E-state index in [1.54, 1.807) is 0 Å². The predicted octanol–water partition coefficient (Wildman–Crippen LogP) is 0.357. The fraction of sp³-hybridized carbons (Fsp3) is 0.900. The molecular weight excluding hydrogens is 178 g/mol. The summed E-state index contributed by atoms with van der Waals surface area (Å²) in [7, 11) is 0. The van der Waals surface area contributed by atoms with Crippen molar-refractivity contribution in [3.8, 4) is 0 Å². The second-order valence-corrected chi connectivity index (χ2v) is 4.42. The van der Waals surface area contributed by atoms with Crippen molar-refractivity contribution in [1.82, 2.24) is 5.32 Å². The van der Waals surface area contributed by atoms with Crippen molar-refractivity contribution in [2.75, 3.05) is 0 Å². The van der Waals surface area contributed by atoms with Crippen molar-refractivity contribution < 1.29 is 5.11 Å². The van der Waals surface area contributed by atoms with Crippen molar-refractivity contribution in [2.24, 2.45) is 10.7 Å². The second kappa shape index (κ2) is 4.17. The highest BCUT2D eigenvalue weighted by molar-refractivity contribution is 5.78. The first-order chi connectivity index (χ1) is 6.74. The Labute approximate surface area is 84.6 Å². The van der Waals surface area contributed by atoms with Crippen molar-refractivity contribution in [2.45, 2.75) is 56.7 Å². The Bertz CT molecular complexity index is 217. The van der Waals surface area contributed by atoms with Gasteiger partial charge < -0.3 is 16.2 Å². The van der Waals surface area contributed by atoms with E-state index in [0.717, 1.165) is 12.8 Å². The van der Waals surface area contributed by atoms with E-state index >= 15 is 0 Å². The van der Waals surface area contributed by atoms with Crippen LogP contribution in [0.3, 0.4) is 0 Å². The van der Waals surface area contributed by atoms with Crippen LogP contribution < -0.4 is 11.1 Å². The van der Waals surface area contributed by atoms with Gasteiger partial charge in [0, 0.05) is 6.04 Å². The van der Waals surface area contributed by atoms with Crippen LogP contribution in [0.5, 0.6) is 0 Å². The lowest BCUT2D eigenvalue weighted by Gasteiger charge is -2.32. The Morgan fingerprint density at radius 1 is 1.29 bits per heavy atom. The van der Waals surface area contributed by atoms with Gasteiger partial charge in [-0.25, -0.2) is 0 Å². The van der Waals surface area contributed by atoms with Crippen LogP contribution in [-0.4, -0.2) is 29.3 Å². The standard InChI is InChI=1S/C10H19N3O/c11-10(12-7-3-1-2-4-7)13-8-5-9(14)6-8/h7-9,14H,1-6H2,(H3,11,12,13). The van der Waals surface area contributed by atoms with E-state index in [1.807, 2.05) is 0 Å². The minimum atomic E-state index is -0.133. The number of aliphatic hydroxyl groups is 1. The summed E-state index contributed by atoms with van der Waals surface area (Å²) in [5, 5.41) is 12.2. The number of aliphatic imine (C=N–C) groups is 1. The summed E-state index contributed by atoms with van der Waals surface area (Å²) in [4.78, 5) is 4.42. The second-order valence-electron chi connectivity index (χ2n) is 4.42. The highest BCUT2D eigenvalue weighted by Crippen LogP contribution is 2.21. The highest BCUT2D eigenvalue weighted by atomic mass is 16.3. The molecule has 0 spiro atoms. The predicted molar refractivity (Wildman–Crippen MR) is 56.0 cm³/mol. The molecule has 0 aromatic carbocycles. The number of hydrogen-bond acceptors (Lipinski definition) is 2. The summed E-state index contributed by atoms with van der Waals surface area (Å²) >= 11 is 0. The van der Waals surface area contributed by atoms with Gasteiger partial charge in [-0.2, -0.15) is 0 Å². The van der Waals surface area contributed by atoms with Gasteiger partial charge in [-0.05, 0) is 25.7 Å². The quantitative estimate of drug-likeness (QED) is 0.442. The minimum absolute atomic E-state index is 0.133. The molecule has 0 aliphatic heterocycles. The van der Waals surface area contributed by atoms with E-state index in [-0.39, 0.29) is 6.10 Å². The summed E-state index contributed by atoms with van der Waals surface area (Å²) in [6, 6.07) is 0.780. The molecule has 0 amide bonds. The van der Waals surface area contributed by atoms with Crippen LogP contribution in [0.4, 0.5) is 0 Å². The van der Waals surface area contributed by atoms with Gasteiger partial charge in [-0.3, -0.25) is 4.99 Å². The number of hydrogen-bond donors (Lipinski definition) is 3. The van der Waals surface area contributed by atoms with Crippen molar-refractivity contribution >= 4 is 5.96 Å². The van der Waals surface area contributed by atoms with Crippen LogP contribution in [-0.2, 0) is 0 Å². The topological polar surface area (TPSA) is 70.6 Å². The highest BCUT2D eigenvalue weighted by Gasteiger charge is 2.27. The number of nitrogens with zero attached hydrogens (tertiary/aromatic N) is 1. The van der Waals surface area contributed by atoms with Gasteiger partial charge in [0.2, 0.25) is 0 Å². The molecule has 0 aromatic rings. The number of rotatable bonds is 2. The molecule has 0 aromatic heterocycles. The molecule has 2 rings (SSSR count). The molecule has 0 atom stereocenters. The molecule has 80 valence electrons. The van der Waals surface area contributed by atoms with Gasteiger partial charge in [0.05, 0.1) is 12.1 Å². The zero-order chi connectivity index (χ0) is 9.97. The Kier molecular flexibility index (Phi) is 2.91. The Balaban J connectivity index is 1.73. The molecule has 14 heavy (non-hydrogen) atoms. The first kappa shape index (κ1) is 9.77. The number of guanidine groups is 1. The molecule has 4 nitrogen and oxygen atoms in total. The first-order valence-electron chi connectivity index (χ1n) is 5.52. The van der Waals surface area contributed by atoms with Crippen molar-refractivity contribution in [1.29, 1.82) is 0 Å². The summed E-state index contributed by atoms with van der Waals surface area (Å²) in [6.07, 6.45) is 6.40. The maximum atomic E-state index is 9.09.